The van der Waals surface area contributed by atoms with Gasteiger partial charge in [0.15, 0.2) is 0 Å². The summed E-state index contributed by atoms with van der Waals surface area (Å²) >= 11 is 0. The van der Waals surface area contributed by atoms with Crippen molar-refractivity contribution >= 4 is 29.4 Å². The number of hydrogen-bond acceptors (Lipinski definition) is 9. The number of aromatic nitrogens is 6. The van der Waals surface area contributed by atoms with Gasteiger partial charge in [0.2, 0.25) is 0 Å². The molecule has 0 atom stereocenters. The van der Waals surface area contributed by atoms with Gasteiger partial charge >= 0.3 is 6.75 Å². The average molecular weight is 460 g/mol. The summed E-state index contributed by atoms with van der Waals surface area (Å²) in [4.78, 5) is 0. The van der Waals surface area contributed by atoms with Crippen molar-refractivity contribution < 1.29 is 14.3 Å². The van der Waals surface area contributed by atoms with Gasteiger partial charge in [0, 0.05) is 18.6 Å². The first-order valence-corrected chi connectivity index (χ1v) is 10.4. The van der Waals surface area contributed by atoms with Gasteiger partial charge < -0.3 is 14.3 Å². The van der Waals surface area contributed by atoms with E-state index in [0.29, 0.717) is 39.7 Å². The van der Waals surface area contributed by atoms with E-state index < -0.39 is 6.75 Å². The topological polar surface area (TPSA) is 151 Å². The highest BCUT2D eigenvalue weighted by atomic mass is 16.9. The van der Waals surface area contributed by atoms with Gasteiger partial charge in [-0.1, -0.05) is 35.8 Å². The van der Waals surface area contributed by atoms with E-state index in [9.17, 15) is 0 Å². The molecule has 3 heterocycles. The lowest BCUT2D eigenvalue weighted by atomic mass is 9.70. The second kappa shape index (κ2) is 10.3. The molecule has 0 unspecified atom stereocenters. The normalized spacial score (nSPS) is 13.1. The summed E-state index contributed by atoms with van der Waals surface area (Å²) in [6, 6.07) is 14.4. The molecular formula is C21H23BN9O3-. The van der Waals surface area contributed by atoms with Gasteiger partial charge in [-0.05, 0) is 39.0 Å². The van der Waals surface area contributed by atoms with Gasteiger partial charge in [-0.15, -0.1) is 15.5 Å². The minimum atomic E-state index is -2.81. The zero-order valence-corrected chi connectivity index (χ0v) is 18.8. The molecule has 34 heavy (non-hydrogen) atoms. The van der Waals surface area contributed by atoms with Gasteiger partial charge in [0.05, 0.1) is 34.2 Å². The first-order chi connectivity index (χ1) is 16.6. The van der Waals surface area contributed by atoms with E-state index >= 15 is 0 Å². The molecule has 0 aliphatic heterocycles. The number of benzene rings is 1. The minimum Gasteiger partial charge on any atom is -0.536 e. The highest BCUT2D eigenvalue weighted by Gasteiger charge is 2.41. The summed E-state index contributed by atoms with van der Waals surface area (Å²) < 4.78 is 17.8. The molecule has 0 saturated carbocycles. The highest BCUT2D eigenvalue weighted by Crippen LogP contribution is 2.15. The van der Waals surface area contributed by atoms with E-state index in [1.165, 1.54) is 0 Å². The molecule has 0 aliphatic rings. The maximum atomic E-state index is 5.93. The first-order valence-electron chi connectivity index (χ1n) is 10.4. The molecule has 0 aliphatic carbocycles. The number of nitrogens with one attached hydrogen (secondary N) is 3. The van der Waals surface area contributed by atoms with Crippen molar-refractivity contribution in [1.82, 2.24) is 30.6 Å². The Labute approximate surface area is 195 Å². The predicted octanol–water partition coefficient (Wildman–Crippen LogP) is 2.32. The van der Waals surface area contributed by atoms with E-state index in [1.807, 2.05) is 18.2 Å². The van der Waals surface area contributed by atoms with Crippen LogP contribution in [-0.2, 0) is 14.3 Å². The maximum absolute atomic E-state index is 5.93. The Morgan fingerprint density at radius 1 is 0.618 bits per heavy atom. The second-order valence-corrected chi connectivity index (χ2v) is 7.31. The number of hydrogen-bond donors (Lipinski definition) is 3. The Morgan fingerprint density at radius 2 is 1.00 bits per heavy atom. The molecular weight excluding hydrogens is 437 g/mol. The average Bonchev–Trinajstić information content (AvgIpc) is 3.67. The Kier molecular flexibility index (Phi) is 6.82. The zero-order chi connectivity index (χ0) is 23.8. The summed E-state index contributed by atoms with van der Waals surface area (Å²) in [6.45, 7) is 2.47. The summed E-state index contributed by atoms with van der Waals surface area (Å²) in [6.07, 6.45) is 4.85. The van der Waals surface area contributed by atoms with Crippen molar-refractivity contribution in [1.29, 1.82) is 0 Å². The van der Waals surface area contributed by atoms with Crippen molar-refractivity contribution in [3.63, 3.8) is 0 Å². The minimum absolute atomic E-state index is 0.524. The quantitative estimate of drug-likeness (QED) is 0.188. The van der Waals surface area contributed by atoms with Gasteiger partial charge in [-0.2, -0.15) is 15.3 Å². The van der Waals surface area contributed by atoms with Crippen LogP contribution in [0.3, 0.4) is 0 Å². The third-order valence-corrected chi connectivity index (χ3v) is 4.86. The predicted molar refractivity (Wildman–Crippen MR) is 127 cm³/mol. The smallest absolute Gasteiger partial charge is 0.536 e. The third-order valence-electron chi connectivity index (χ3n) is 4.86. The fraction of sp³-hybridized carbons (Fsp3) is 0.143. The molecule has 0 saturated heterocycles. The SMILES string of the molecule is CC(=NO[B-](O/N=C(\C)c1ccn[nH]1)(O/N=C(\C)c1ccn[nH]1)c1ccccc1)c1ccn[nH]1. The number of rotatable bonds is 10. The van der Waals surface area contributed by atoms with E-state index in [-0.39, 0.29) is 0 Å². The van der Waals surface area contributed by atoms with E-state index in [0.717, 1.165) is 0 Å². The van der Waals surface area contributed by atoms with Crippen molar-refractivity contribution in [2.75, 3.05) is 0 Å². The van der Waals surface area contributed by atoms with Crippen LogP contribution >= 0.6 is 0 Å². The lowest BCUT2D eigenvalue weighted by Crippen LogP contribution is -2.54. The molecule has 4 aromatic rings. The third kappa shape index (κ3) is 5.20. The molecule has 3 N–H and O–H groups in total. The van der Waals surface area contributed by atoms with Crippen LogP contribution in [0.15, 0.2) is 82.6 Å². The van der Waals surface area contributed by atoms with Gasteiger partial charge in [-0.3, -0.25) is 15.3 Å². The standard InChI is InChI=1S/C21H23BN9O3/c1-15(19-9-12-23-26-19)29-32-22(18-7-5-4-6-8-18,33-30-16(2)20-10-13-24-27-20)34-31-17(3)21-11-14-25-28-21/h4-14H,1-3H3,(H,23,26)(H,24,27)(H,25,28)/q-1/b29-15+,30-16+,31-17?. The van der Waals surface area contributed by atoms with Crippen LogP contribution < -0.4 is 5.46 Å². The Balaban J connectivity index is 1.74. The first kappa shape index (κ1) is 22.5. The molecule has 1 aromatic carbocycles. The highest BCUT2D eigenvalue weighted by molar-refractivity contribution is 6.75. The largest absolute Gasteiger partial charge is 0.640 e. The Morgan fingerprint density at radius 3 is 1.32 bits per heavy atom. The van der Waals surface area contributed by atoms with Crippen LogP contribution in [0.2, 0.25) is 0 Å². The van der Waals surface area contributed by atoms with Crippen LogP contribution in [0.1, 0.15) is 37.9 Å². The fourth-order valence-corrected chi connectivity index (χ4v) is 2.89. The van der Waals surface area contributed by atoms with Gasteiger partial charge in [0.25, 0.3) is 0 Å². The summed E-state index contributed by atoms with van der Waals surface area (Å²) in [5.74, 6) is 0. The van der Waals surface area contributed by atoms with Gasteiger partial charge in [0.1, 0.15) is 0 Å². The van der Waals surface area contributed by atoms with Crippen LogP contribution in [-0.4, -0.2) is 54.5 Å². The van der Waals surface area contributed by atoms with Crippen LogP contribution in [0.25, 0.3) is 0 Å². The van der Waals surface area contributed by atoms with E-state index in [2.05, 4.69) is 46.1 Å². The molecule has 3 aromatic heterocycles. The molecule has 0 bridgehead atoms. The summed E-state index contributed by atoms with van der Waals surface area (Å²) in [5.41, 5.74) is 4.12. The maximum Gasteiger partial charge on any atom is 0.640 e. The molecule has 0 spiro atoms. The Bertz CT molecular complexity index is 1130. The van der Waals surface area contributed by atoms with Crippen molar-refractivity contribution in [2.45, 2.75) is 20.8 Å². The van der Waals surface area contributed by atoms with Crippen LogP contribution in [0.4, 0.5) is 0 Å². The summed E-state index contributed by atoms with van der Waals surface area (Å²) in [5, 5.41) is 33.1. The zero-order valence-electron chi connectivity index (χ0n) is 18.8. The molecule has 13 heteroatoms. The lowest BCUT2D eigenvalue weighted by molar-refractivity contribution is 0.0807. The van der Waals surface area contributed by atoms with Crippen molar-refractivity contribution in [3.8, 4) is 0 Å². The summed E-state index contributed by atoms with van der Waals surface area (Å²) in [7, 11) is 0. The van der Waals surface area contributed by atoms with Crippen molar-refractivity contribution in [2.24, 2.45) is 15.5 Å². The second-order valence-electron chi connectivity index (χ2n) is 7.31. The molecule has 0 amide bonds. The molecule has 0 fully saturated rings. The van der Waals surface area contributed by atoms with E-state index in [4.69, 9.17) is 14.3 Å². The number of H-pyrrole nitrogens is 3. The molecule has 174 valence electrons. The molecule has 4 rings (SSSR count). The lowest BCUT2D eigenvalue weighted by Gasteiger charge is -2.35. The van der Waals surface area contributed by atoms with E-state index in [1.54, 1.807) is 69.7 Å². The van der Waals surface area contributed by atoms with Crippen molar-refractivity contribution in [3.05, 3.63) is 84.2 Å². The molecule has 0 radical (unpaired) electrons. The van der Waals surface area contributed by atoms with Gasteiger partial charge in [-0.25, -0.2) is 0 Å². The van der Waals surface area contributed by atoms with Crippen LogP contribution in [0.5, 0.6) is 0 Å². The fourth-order valence-electron chi connectivity index (χ4n) is 2.89. The Hall–Kier alpha value is -4.68. The number of nitrogens with zero attached hydrogens (tertiary/aromatic N) is 6. The van der Waals surface area contributed by atoms with Crippen LogP contribution in [0, 0.1) is 0 Å². The molecule has 12 nitrogen and oxygen atoms in total. The number of aromatic amines is 3. The monoisotopic (exact) mass is 460 g/mol. The number of oxime groups is 3.